The molecule has 0 aliphatic rings. The summed E-state index contributed by atoms with van der Waals surface area (Å²) < 4.78 is 5.51. The molecule has 0 saturated heterocycles. The fraction of sp³-hybridized carbons (Fsp3) is 0.333. The monoisotopic (exact) mass is 307 g/mol. The Bertz CT molecular complexity index is 610. The van der Waals surface area contributed by atoms with Gasteiger partial charge in [-0.3, -0.25) is 9.89 Å². The van der Waals surface area contributed by atoms with Gasteiger partial charge in [0, 0.05) is 17.8 Å². The third kappa shape index (κ3) is 3.62. The van der Waals surface area contributed by atoms with Crippen LogP contribution in [0, 0.1) is 6.92 Å². The molecule has 0 bridgehead atoms. The Morgan fingerprint density at radius 2 is 2.05 bits per heavy atom. The third-order valence-electron chi connectivity index (χ3n) is 3.34. The van der Waals surface area contributed by atoms with Gasteiger partial charge in [-0.2, -0.15) is 5.10 Å². The van der Waals surface area contributed by atoms with Crippen LogP contribution in [0.4, 0.5) is 0 Å². The number of benzene rings is 1. The van der Waals surface area contributed by atoms with E-state index in [9.17, 15) is 4.79 Å². The molecule has 2 rings (SSSR count). The first-order chi connectivity index (χ1) is 10.0. The van der Waals surface area contributed by atoms with E-state index >= 15 is 0 Å². The molecule has 0 saturated carbocycles. The van der Waals surface area contributed by atoms with Crippen molar-refractivity contribution in [2.45, 2.75) is 26.0 Å². The molecule has 0 unspecified atom stereocenters. The Kier molecular flexibility index (Phi) is 4.98. The van der Waals surface area contributed by atoms with Crippen molar-refractivity contribution in [2.24, 2.45) is 0 Å². The fourth-order valence-electron chi connectivity index (χ4n) is 2.22. The van der Waals surface area contributed by atoms with Crippen molar-refractivity contribution in [3.05, 3.63) is 52.3 Å². The van der Waals surface area contributed by atoms with Crippen molar-refractivity contribution in [3.63, 3.8) is 0 Å². The summed E-state index contributed by atoms with van der Waals surface area (Å²) in [4.78, 5) is 12.2. The number of aromatic nitrogens is 2. The predicted molar refractivity (Wildman–Crippen MR) is 81.5 cm³/mol. The highest BCUT2D eigenvalue weighted by Gasteiger charge is 2.22. The van der Waals surface area contributed by atoms with Gasteiger partial charge in [-0.1, -0.05) is 23.7 Å². The van der Waals surface area contributed by atoms with E-state index in [1.807, 2.05) is 19.1 Å². The van der Waals surface area contributed by atoms with E-state index in [1.54, 1.807) is 26.2 Å². The number of aryl methyl sites for hydroxylation is 1. The first kappa shape index (κ1) is 15.5. The Morgan fingerprint density at radius 3 is 2.57 bits per heavy atom. The van der Waals surface area contributed by atoms with Gasteiger partial charge in [-0.05, 0) is 31.5 Å². The molecule has 0 fully saturated rings. The summed E-state index contributed by atoms with van der Waals surface area (Å²) in [5, 5.41) is 10.2. The molecule has 5 nitrogen and oxygen atoms in total. The van der Waals surface area contributed by atoms with Gasteiger partial charge in [0.1, 0.15) is 6.10 Å². The smallest absolute Gasteiger partial charge is 0.255 e. The highest BCUT2D eigenvalue weighted by Crippen LogP contribution is 2.22. The Morgan fingerprint density at radius 1 is 1.38 bits per heavy atom. The van der Waals surface area contributed by atoms with E-state index in [0.29, 0.717) is 10.6 Å². The van der Waals surface area contributed by atoms with Crippen molar-refractivity contribution in [3.8, 4) is 0 Å². The Balaban J connectivity index is 2.10. The van der Waals surface area contributed by atoms with Crippen LogP contribution in [0.2, 0.25) is 5.02 Å². The molecule has 1 aromatic heterocycles. The van der Waals surface area contributed by atoms with E-state index in [-0.39, 0.29) is 18.1 Å². The van der Waals surface area contributed by atoms with Crippen molar-refractivity contribution in [2.75, 3.05) is 7.11 Å². The molecule has 21 heavy (non-hydrogen) atoms. The standard InChI is InChI=1S/C15H18ClN3O2/c1-9-13(8-17-19-9)15(20)18-10(2)14(21-3)11-4-6-12(16)7-5-11/h4-8,10,14H,1-3H3,(H,17,19)(H,18,20)/t10-,14+/m0/s1. The van der Waals surface area contributed by atoms with Crippen molar-refractivity contribution in [1.82, 2.24) is 15.5 Å². The summed E-state index contributed by atoms with van der Waals surface area (Å²) in [7, 11) is 1.62. The van der Waals surface area contributed by atoms with Crippen LogP contribution in [-0.4, -0.2) is 29.3 Å². The number of ether oxygens (including phenoxy) is 1. The minimum atomic E-state index is -0.251. The lowest BCUT2D eigenvalue weighted by atomic mass is 10.0. The van der Waals surface area contributed by atoms with Crippen LogP contribution in [0.5, 0.6) is 0 Å². The van der Waals surface area contributed by atoms with Gasteiger partial charge in [0.25, 0.3) is 5.91 Å². The molecule has 112 valence electrons. The van der Waals surface area contributed by atoms with Gasteiger partial charge in [-0.15, -0.1) is 0 Å². The summed E-state index contributed by atoms with van der Waals surface area (Å²) in [5.41, 5.74) is 2.23. The van der Waals surface area contributed by atoms with E-state index in [0.717, 1.165) is 11.3 Å². The van der Waals surface area contributed by atoms with E-state index < -0.39 is 0 Å². The molecular formula is C15H18ClN3O2. The largest absolute Gasteiger partial charge is 0.375 e. The second-order valence-corrected chi connectivity index (χ2v) is 5.32. The van der Waals surface area contributed by atoms with E-state index in [2.05, 4.69) is 15.5 Å². The third-order valence-corrected chi connectivity index (χ3v) is 3.59. The minimum Gasteiger partial charge on any atom is -0.375 e. The summed E-state index contributed by atoms with van der Waals surface area (Å²) in [6.07, 6.45) is 1.26. The average Bonchev–Trinajstić information content (AvgIpc) is 2.88. The first-order valence-electron chi connectivity index (χ1n) is 6.62. The number of carbonyl (C=O) groups excluding carboxylic acids is 1. The van der Waals surface area contributed by atoms with Gasteiger partial charge in [0.15, 0.2) is 0 Å². The number of H-pyrrole nitrogens is 1. The molecule has 0 aliphatic heterocycles. The number of hydrogen-bond donors (Lipinski definition) is 2. The molecule has 2 aromatic rings. The molecule has 1 amide bonds. The van der Waals surface area contributed by atoms with Gasteiger partial charge in [0.05, 0.1) is 17.8 Å². The number of rotatable bonds is 5. The SMILES string of the molecule is CO[C@@H](c1ccc(Cl)cc1)[C@H](C)NC(=O)c1cn[nH]c1C. The normalized spacial score (nSPS) is 13.7. The number of nitrogens with one attached hydrogen (secondary N) is 2. The van der Waals surface area contributed by atoms with Gasteiger partial charge in [-0.25, -0.2) is 0 Å². The van der Waals surface area contributed by atoms with Crippen LogP contribution in [0.3, 0.4) is 0 Å². The second-order valence-electron chi connectivity index (χ2n) is 4.88. The number of carbonyl (C=O) groups is 1. The summed E-state index contributed by atoms with van der Waals surface area (Å²) in [6, 6.07) is 7.19. The van der Waals surface area contributed by atoms with Gasteiger partial charge in [0.2, 0.25) is 0 Å². The zero-order valence-electron chi connectivity index (χ0n) is 12.2. The number of hydrogen-bond acceptors (Lipinski definition) is 3. The van der Waals surface area contributed by atoms with E-state index in [1.165, 1.54) is 6.20 Å². The number of halogens is 1. The summed E-state index contributed by atoms with van der Waals surface area (Å²) in [5.74, 6) is -0.176. The molecule has 1 heterocycles. The number of nitrogens with zero attached hydrogens (tertiary/aromatic N) is 1. The molecular weight excluding hydrogens is 290 g/mol. The maximum Gasteiger partial charge on any atom is 0.255 e. The number of amides is 1. The number of methoxy groups -OCH3 is 1. The molecule has 0 aliphatic carbocycles. The van der Waals surface area contributed by atoms with Gasteiger partial charge >= 0.3 is 0 Å². The maximum absolute atomic E-state index is 12.2. The number of aromatic amines is 1. The molecule has 2 N–H and O–H groups in total. The predicted octanol–water partition coefficient (Wildman–Crippen LogP) is 2.88. The van der Waals surface area contributed by atoms with Gasteiger partial charge < -0.3 is 10.1 Å². The quantitative estimate of drug-likeness (QED) is 0.892. The zero-order chi connectivity index (χ0) is 15.4. The highest BCUT2D eigenvalue weighted by atomic mass is 35.5. The lowest BCUT2D eigenvalue weighted by Gasteiger charge is -2.24. The molecule has 0 radical (unpaired) electrons. The summed E-state index contributed by atoms with van der Waals surface area (Å²) >= 11 is 5.89. The second kappa shape index (κ2) is 6.74. The Labute approximate surface area is 128 Å². The van der Waals surface area contributed by atoms with Crippen molar-refractivity contribution >= 4 is 17.5 Å². The van der Waals surface area contributed by atoms with Crippen LogP contribution >= 0.6 is 11.6 Å². The van der Waals surface area contributed by atoms with Crippen molar-refractivity contribution < 1.29 is 9.53 Å². The first-order valence-corrected chi connectivity index (χ1v) is 6.99. The lowest BCUT2D eigenvalue weighted by molar-refractivity contribution is 0.0644. The summed E-state index contributed by atoms with van der Waals surface area (Å²) in [6.45, 7) is 3.70. The van der Waals surface area contributed by atoms with Crippen LogP contribution in [0.25, 0.3) is 0 Å². The molecule has 2 atom stereocenters. The highest BCUT2D eigenvalue weighted by molar-refractivity contribution is 6.30. The zero-order valence-corrected chi connectivity index (χ0v) is 12.9. The van der Waals surface area contributed by atoms with Crippen molar-refractivity contribution in [1.29, 1.82) is 0 Å². The van der Waals surface area contributed by atoms with Crippen LogP contribution in [0.15, 0.2) is 30.5 Å². The topological polar surface area (TPSA) is 67.0 Å². The van der Waals surface area contributed by atoms with E-state index in [4.69, 9.17) is 16.3 Å². The lowest BCUT2D eigenvalue weighted by Crippen LogP contribution is -2.37. The molecule has 0 spiro atoms. The molecule has 6 heteroatoms. The van der Waals surface area contributed by atoms with Crippen LogP contribution in [-0.2, 0) is 4.74 Å². The molecule has 1 aromatic carbocycles. The van der Waals surface area contributed by atoms with Crippen LogP contribution < -0.4 is 5.32 Å². The fourth-order valence-corrected chi connectivity index (χ4v) is 2.35. The maximum atomic E-state index is 12.2. The Hall–Kier alpha value is -1.85. The van der Waals surface area contributed by atoms with Crippen LogP contribution in [0.1, 0.15) is 34.6 Å². The average molecular weight is 308 g/mol. The minimum absolute atomic E-state index is 0.176.